The van der Waals surface area contributed by atoms with Crippen LogP contribution >= 0.6 is 0 Å². The first-order valence-electron chi connectivity index (χ1n) is 8.40. The molecule has 144 valence electrons. The second-order valence-corrected chi connectivity index (χ2v) is 8.14. The van der Waals surface area contributed by atoms with E-state index in [0.717, 1.165) is 11.1 Å². The zero-order valence-electron chi connectivity index (χ0n) is 15.5. The highest BCUT2D eigenvalue weighted by Gasteiger charge is 2.14. The van der Waals surface area contributed by atoms with E-state index in [2.05, 4.69) is 15.4 Å². The maximum atomic E-state index is 12.2. The monoisotopic (exact) mass is 389 g/mol. The highest BCUT2D eigenvalue weighted by Crippen LogP contribution is 2.18. The summed E-state index contributed by atoms with van der Waals surface area (Å²) in [6, 6.07) is 12.0. The second kappa shape index (κ2) is 8.68. The van der Waals surface area contributed by atoms with Crippen LogP contribution in [0.4, 0.5) is 17.1 Å². The van der Waals surface area contributed by atoms with Gasteiger partial charge in [-0.2, -0.15) is 0 Å². The fraction of sp³-hybridized carbons (Fsp3) is 0.263. The molecule has 0 heterocycles. The molecule has 0 atom stereocenters. The van der Waals surface area contributed by atoms with Crippen molar-refractivity contribution in [1.29, 1.82) is 0 Å². The third kappa shape index (κ3) is 6.74. The van der Waals surface area contributed by atoms with Crippen LogP contribution in [0.25, 0.3) is 0 Å². The number of sulfonamides is 1. The lowest BCUT2D eigenvalue weighted by Crippen LogP contribution is -2.22. The lowest BCUT2D eigenvalue weighted by Gasteiger charge is -2.11. The van der Waals surface area contributed by atoms with E-state index < -0.39 is 10.0 Å². The predicted molar refractivity (Wildman–Crippen MR) is 107 cm³/mol. The number of anilines is 3. The largest absolute Gasteiger partial charge is 0.326 e. The van der Waals surface area contributed by atoms with Crippen LogP contribution in [-0.4, -0.2) is 26.0 Å². The summed E-state index contributed by atoms with van der Waals surface area (Å²) in [6.07, 6.45) is -0.173. The van der Waals surface area contributed by atoms with Crippen molar-refractivity contribution >= 4 is 38.9 Å². The van der Waals surface area contributed by atoms with Crippen molar-refractivity contribution in [1.82, 2.24) is 0 Å². The lowest BCUT2D eigenvalue weighted by molar-refractivity contribution is -0.116. The van der Waals surface area contributed by atoms with Gasteiger partial charge in [0, 0.05) is 24.7 Å². The Bertz CT molecular complexity index is 955. The van der Waals surface area contributed by atoms with Gasteiger partial charge in [0.05, 0.1) is 11.4 Å². The van der Waals surface area contributed by atoms with E-state index in [1.54, 1.807) is 24.3 Å². The van der Waals surface area contributed by atoms with Crippen molar-refractivity contribution < 1.29 is 18.0 Å². The van der Waals surface area contributed by atoms with Crippen molar-refractivity contribution in [2.24, 2.45) is 0 Å². The summed E-state index contributed by atoms with van der Waals surface area (Å²) in [4.78, 5) is 23.2. The molecule has 2 rings (SSSR count). The summed E-state index contributed by atoms with van der Waals surface area (Å²) >= 11 is 0. The molecule has 0 saturated heterocycles. The minimum atomic E-state index is -3.71. The number of benzene rings is 2. The molecular weight excluding hydrogens is 366 g/mol. The molecule has 0 unspecified atom stereocenters. The first-order valence-corrected chi connectivity index (χ1v) is 10.0. The molecule has 0 aliphatic heterocycles. The molecule has 2 aromatic rings. The van der Waals surface area contributed by atoms with Gasteiger partial charge in [-0.1, -0.05) is 23.8 Å². The molecule has 7 nitrogen and oxygen atoms in total. The van der Waals surface area contributed by atoms with Gasteiger partial charge in [-0.05, 0) is 43.7 Å². The number of rotatable bonds is 7. The van der Waals surface area contributed by atoms with Gasteiger partial charge in [-0.25, -0.2) is 8.42 Å². The third-order valence-corrected chi connectivity index (χ3v) is 5.00. The van der Waals surface area contributed by atoms with E-state index in [1.165, 1.54) is 13.0 Å². The number of nitrogens with one attached hydrogen (secondary N) is 3. The quantitative estimate of drug-likeness (QED) is 0.677. The average molecular weight is 389 g/mol. The average Bonchev–Trinajstić information content (AvgIpc) is 2.55. The van der Waals surface area contributed by atoms with Crippen LogP contribution in [-0.2, 0) is 19.6 Å². The van der Waals surface area contributed by atoms with E-state index >= 15 is 0 Å². The molecule has 0 aliphatic rings. The second-order valence-electron chi connectivity index (χ2n) is 6.30. The molecule has 2 aromatic carbocycles. The molecule has 0 aliphatic carbocycles. The highest BCUT2D eigenvalue weighted by atomic mass is 32.2. The van der Waals surface area contributed by atoms with Crippen LogP contribution in [0.15, 0.2) is 42.5 Å². The van der Waals surface area contributed by atoms with Crippen LogP contribution in [0, 0.1) is 13.8 Å². The standard InChI is InChI=1S/C19H23N3O4S/c1-13-7-8-18(14(2)11-13)21-19(24)9-10-27(25,26)22-17-6-4-5-16(12-17)20-15(3)23/h4-8,11-12,22H,9-10H2,1-3H3,(H,20,23)(H,21,24). The molecule has 0 fully saturated rings. The van der Waals surface area contributed by atoms with E-state index in [0.29, 0.717) is 17.1 Å². The Hall–Kier alpha value is -2.87. The molecule has 27 heavy (non-hydrogen) atoms. The van der Waals surface area contributed by atoms with Crippen molar-refractivity contribution in [3.05, 3.63) is 53.6 Å². The Morgan fingerprint density at radius 2 is 1.67 bits per heavy atom. The smallest absolute Gasteiger partial charge is 0.233 e. The van der Waals surface area contributed by atoms with Gasteiger partial charge < -0.3 is 10.6 Å². The zero-order chi connectivity index (χ0) is 20.0. The van der Waals surface area contributed by atoms with E-state index in [4.69, 9.17) is 0 Å². The molecule has 0 saturated carbocycles. The van der Waals surface area contributed by atoms with Gasteiger partial charge in [-0.3, -0.25) is 14.3 Å². The van der Waals surface area contributed by atoms with Crippen LogP contribution in [0.2, 0.25) is 0 Å². The molecule has 0 radical (unpaired) electrons. The molecule has 8 heteroatoms. The Labute approximate surface area is 159 Å². The maximum absolute atomic E-state index is 12.2. The van der Waals surface area contributed by atoms with Crippen molar-refractivity contribution in [2.75, 3.05) is 21.1 Å². The Morgan fingerprint density at radius 3 is 2.33 bits per heavy atom. The first kappa shape index (κ1) is 20.4. The molecular formula is C19H23N3O4S. The number of carbonyl (C=O) groups excluding carboxylic acids is 2. The van der Waals surface area contributed by atoms with Gasteiger partial charge in [0.2, 0.25) is 21.8 Å². The fourth-order valence-electron chi connectivity index (χ4n) is 2.49. The molecule has 3 N–H and O–H groups in total. The summed E-state index contributed by atoms with van der Waals surface area (Å²) in [5.74, 6) is -0.980. The topological polar surface area (TPSA) is 104 Å². The summed E-state index contributed by atoms with van der Waals surface area (Å²) < 4.78 is 26.9. The fourth-order valence-corrected chi connectivity index (χ4v) is 3.53. The molecule has 0 aromatic heterocycles. The Kier molecular flexibility index (Phi) is 6.57. The minimum absolute atomic E-state index is 0.173. The van der Waals surface area contributed by atoms with Crippen molar-refractivity contribution in [2.45, 2.75) is 27.2 Å². The van der Waals surface area contributed by atoms with Crippen LogP contribution < -0.4 is 15.4 Å². The first-order chi connectivity index (χ1) is 12.6. The summed E-state index contributed by atoms with van der Waals surface area (Å²) in [6.45, 7) is 5.20. The van der Waals surface area contributed by atoms with Gasteiger partial charge in [-0.15, -0.1) is 0 Å². The molecule has 0 spiro atoms. The molecule has 0 bridgehead atoms. The third-order valence-electron chi connectivity index (χ3n) is 3.71. The normalized spacial score (nSPS) is 10.9. The number of carbonyl (C=O) groups is 2. The van der Waals surface area contributed by atoms with Crippen LogP contribution in [0.1, 0.15) is 24.5 Å². The summed E-state index contributed by atoms with van der Waals surface area (Å²) in [5.41, 5.74) is 3.46. The van der Waals surface area contributed by atoms with Gasteiger partial charge in [0.1, 0.15) is 0 Å². The summed E-state index contributed by atoms with van der Waals surface area (Å²) in [5, 5.41) is 5.31. The molecule has 2 amide bonds. The number of aryl methyl sites for hydroxylation is 2. The van der Waals surface area contributed by atoms with Gasteiger partial charge in [0.25, 0.3) is 0 Å². The minimum Gasteiger partial charge on any atom is -0.326 e. The van der Waals surface area contributed by atoms with Crippen LogP contribution in [0.3, 0.4) is 0 Å². The van der Waals surface area contributed by atoms with E-state index in [1.807, 2.05) is 26.0 Å². The lowest BCUT2D eigenvalue weighted by atomic mass is 10.1. The summed E-state index contributed by atoms with van der Waals surface area (Å²) in [7, 11) is -3.71. The number of hydrogen-bond acceptors (Lipinski definition) is 4. The van der Waals surface area contributed by atoms with Crippen molar-refractivity contribution in [3.8, 4) is 0 Å². The van der Waals surface area contributed by atoms with Crippen molar-refractivity contribution in [3.63, 3.8) is 0 Å². The van der Waals surface area contributed by atoms with Crippen LogP contribution in [0.5, 0.6) is 0 Å². The van der Waals surface area contributed by atoms with E-state index in [9.17, 15) is 18.0 Å². The number of hydrogen-bond donors (Lipinski definition) is 3. The zero-order valence-corrected chi connectivity index (χ0v) is 16.3. The van der Waals surface area contributed by atoms with Gasteiger partial charge >= 0.3 is 0 Å². The Balaban J connectivity index is 1.94. The number of amides is 2. The highest BCUT2D eigenvalue weighted by molar-refractivity contribution is 7.92. The van der Waals surface area contributed by atoms with E-state index in [-0.39, 0.29) is 24.0 Å². The SMILES string of the molecule is CC(=O)Nc1cccc(NS(=O)(=O)CCC(=O)Nc2ccc(C)cc2C)c1. The Morgan fingerprint density at radius 1 is 0.963 bits per heavy atom. The maximum Gasteiger partial charge on any atom is 0.233 e. The predicted octanol–water partition coefficient (Wildman–Crippen LogP) is 3.03. The van der Waals surface area contributed by atoms with Gasteiger partial charge in [0.15, 0.2) is 0 Å².